The Labute approximate surface area is 357 Å². The first-order valence-electron chi connectivity index (χ1n) is 21.7. The number of hydrogen-bond donors (Lipinski definition) is 0. The number of halogens is 3. The standard InChI is InChI=1S/C54H61BF3NO/c1-49(2,3)35-19-16-32(17-20-35)15-18-33-25-34-26-40(60-54(56,57)58)31-45-46(34)55-47-41(33)27-37(51(7,8)9)28-42(47)53(13,14)43-29-38(52(10,11)12)30-44(48(43)55)59(45)39-23-21-36(22-24-39)50(4,5)6/h16-17,19-31H,15,18H2,1-14H3. The first-order chi connectivity index (χ1) is 27.6. The van der Waals surface area contributed by atoms with Gasteiger partial charge in [-0.05, 0) is 125 Å². The molecule has 0 saturated carbocycles. The second kappa shape index (κ2) is 13.6. The van der Waals surface area contributed by atoms with Gasteiger partial charge in [-0.25, -0.2) is 0 Å². The fraction of sp³-hybridized carbons (Fsp3) is 0.407. The summed E-state index contributed by atoms with van der Waals surface area (Å²) in [6.45, 7) is 31.4. The van der Waals surface area contributed by atoms with Gasteiger partial charge in [-0.1, -0.05) is 163 Å². The van der Waals surface area contributed by atoms with Crippen molar-refractivity contribution in [3.8, 4) is 5.75 Å². The van der Waals surface area contributed by atoms with Crippen LogP contribution >= 0.6 is 0 Å². The summed E-state index contributed by atoms with van der Waals surface area (Å²) in [6.07, 6.45) is -1.15. The maximum Gasteiger partial charge on any atom is 0.573 e. The fourth-order valence-electron chi connectivity index (χ4n) is 9.72. The highest BCUT2D eigenvalue weighted by Crippen LogP contribution is 2.49. The Morgan fingerprint density at radius 2 is 1.05 bits per heavy atom. The van der Waals surface area contributed by atoms with Crippen LogP contribution in [0.2, 0.25) is 0 Å². The summed E-state index contributed by atoms with van der Waals surface area (Å²) >= 11 is 0. The largest absolute Gasteiger partial charge is 0.573 e. The summed E-state index contributed by atoms with van der Waals surface area (Å²) in [7, 11) is 0. The van der Waals surface area contributed by atoms with Crippen LogP contribution in [-0.4, -0.2) is 13.1 Å². The lowest BCUT2D eigenvalue weighted by molar-refractivity contribution is -0.274. The minimum Gasteiger partial charge on any atom is -0.406 e. The number of allylic oxidation sites excluding steroid dienone is 1. The molecule has 0 amide bonds. The summed E-state index contributed by atoms with van der Waals surface area (Å²) in [4.78, 5) is 2.22. The maximum absolute atomic E-state index is 14.3. The summed E-state index contributed by atoms with van der Waals surface area (Å²) in [5.74, 6) is -0.214. The predicted molar refractivity (Wildman–Crippen MR) is 248 cm³/mol. The number of ether oxygens (including phenoxy) is 1. The summed E-state index contributed by atoms with van der Waals surface area (Å²) in [6, 6.07) is 30.4. The van der Waals surface area contributed by atoms with Gasteiger partial charge >= 0.3 is 6.36 Å². The molecule has 6 heteroatoms. The Bertz CT molecular complexity index is 2550. The van der Waals surface area contributed by atoms with Gasteiger partial charge in [-0.15, -0.1) is 13.2 Å². The van der Waals surface area contributed by atoms with Crippen LogP contribution in [0, 0.1) is 0 Å². The highest BCUT2D eigenvalue weighted by molar-refractivity contribution is 7.00. The van der Waals surface area contributed by atoms with Crippen molar-refractivity contribution in [1.82, 2.24) is 0 Å². The Morgan fingerprint density at radius 1 is 0.550 bits per heavy atom. The molecule has 3 aliphatic rings. The molecule has 0 spiro atoms. The molecule has 0 fully saturated rings. The van der Waals surface area contributed by atoms with Gasteiger partial charge in [0, 0.05) is 28.5 Å². The molecular formula is C54H61BF3NO. The summed E-state index contributed by atoms with van der Waals surface area (Å²) in [5, 5.41) is 0. The lowest BCUT2D eigenvalue weighted by Crippen LogP contribution is -2.65. The lowest BCUT2D eigenvalue weighted by atomic mass is 9.29. The van der Waals surface area contributed by atoms with Gasteiger partial charge in [0.15, 0.2) is 0 Å². The molecule has 312 valence electrons. The zero-order valence-electron chi connectivity index (χ0n) is 38.1. The average Bonchev–Trinajstić information content (AvgIpc) is 3.26. The van der Waals surface area contributed by atoms with E-state index in [1.165, 1.54) is 55.4 Å². The number of alkyl halides is 3. The lowest BCUT2D eigenvalue weighted by Gasteiger charge is -2.47. The Kier molecular flexibility index (Phi) is 9.56. The van der Waals surface area contributed by atoms with Crippen molar-refractivity contribution in [1.29, 1.82) is 0 Å². The summed E-state index contributed by atoms with van der Waals surface area (Å²) in [5.41, 5.74) is 17.2. The van der Waals surface area contributed by atoms with Gasteiger partial charge in [0.05, 0.1) is 0 Å². The van der Waals surface area contributed by atoms with E-state index in [1.807, 2.05) is 0 Å². The van der Waals surface area contributed by atoms with E-state index in [2.05, 4.69) is 181 Å². The van der Waals surface area contributed by atoms with Crippen LogP contribution in [-0.2, 0) is 33.5 Å². The molecule has 0 aliphatic carbocycles. The van der Waals surface area contributed by atoms with Gasteiger partial charge in [0.25, 0.3) is 0 Å². The quantitative estimate of drug-likeness (QED) is 0.161. The van der Waals surface area contributed by atoms with Crippen LogP contribution in [0.4, 0.5) is 30.2 Å². The van der Waals surface area contributed by atoms with Crippen molar-refractivity contribution in [2.75, 3.05) is 4.90 Å². The van der Waals surface area contributed by atoms with Crippen molar-refractivity contribution in [3.63, 3.8) is 0 Å². The Balaban J connectivity index is 1.47. The summed E-state index contributed by atoms with van der Waals surface area (Å²) < 4.78 is 47.9. The van der Waals surface area contributed by atoms with Gasteiger partial charge in [0.1, 0.15) is 5.75 Å². The molecule has 2 nitrogen and oxygen atoms in total. The number of rotatable bonds is 5. The van der Waals surface area contributed by atoms with E-state index in [-0.39, 0.29) is 39.5 Å². The zero-order valence-corrected chi connectivity index (χ0v) is 38.1. The van der Waals surface area contributed by atoms with Crippen LogP contribution in [0.5, 0.6) is 5.75 Å². The molecule has 8 rings (SSSR count). The van der Waals surface area contributed by atoms with E-state index < -0.39 is 6.36 Å². The number of hydrogen-bond acceptors (Lipinski definition) is 2. The third-order valence-corrected chi connectivity index (χ3v) is 13.3. The second-order valence-electron chi connectivity index (χ2n) is 22.2. The van der Waals surface area contributed by atoms with Crippen LogP contribution in [0.25, 0.3) is 11.6 Å². The van der Waals surface area contributed by atoms with Crippen molar-refractivity contribution in [3.05, 3.63) is 135 Å². The maximum atomic E-state index is 14.3. The number of anilines is 3. The molecule has 0 bridgehead atoms. The molecule has 0 N–H and O–H groups in total. The van der Waals surface area contributed by atoms with Gasteiger partial charge in [-0.2, -0.15) is 0 Å². The van der Waals surface area contributed by atoms with Gasteiger partial charge < -0.3 is 9.64 Å². The van der Waals surface area contributed by atoms with E-state index in [0.717, 1.165) is 46.5 Å². The molecule has 0 atom stereocenters. The molecule has 0 unspecified atom stereocenters. The van der Waals surface area contributed by atoms with Crippen molar-refractivity contribution < 1.29 is 17.9 Å². The zero-order chi connectivity index (χ0) is 43.7. The highest BCUT2D eigenvalue weighted by Gasteiger charge is 2.50. The fourth-order valence-corrected chi connectivity index (χ4v) is 9.72. The average molecular weight is 808 g/mol. The van der Waals surface area contributed by atoms with Crippen LogP contribution in [0.1, 0.15) is 153 Å². The molecule has 0 radical (unpaired) electrons. The van der Waals surface area contributed by atoms with Crippen molar-refractivity contribution >= 4 is 51.8 Å². The normalized spacial score (nSPS) is 15.7. The van der Waals surface area contributed by atoms with E-state index >= 15 is 0 Å². The topological polar surface area (TPSA) is 12.5 Å². The van der Waals surface area contributed by atoms with Crippen molar-refractivity contribution in [2.45, 2.75) is 143 Å². The molecule has 0 aromatic heterocycles. The molecule has 60 heavy (non-hydrogen) atoms. The van der Waals surface area contributed by atoms with E-state index in [0.29, 0.717) is 0 Å². The monoisotopic (exact) mass is 807 g/mol. The Morgan fingerprint density at radius 3 is 1.58 bits per heavy atom. The first kappa shape index (κ1) is 42.0. The molecule has 0 saturated heterocycles. The number of aryl methyl sites for hydroxylation is 1. The smallest absolute Gasteiger partial charge is 0.406 e. The number of nitrogens with zero attached hydrogens (tertiary/aromatic N) is 1. The van der Waals surface area contributed by atoms with Gasteiger partial charge in [0.2, 0.25) is 6.71 Å². The second-order valence-corrected chi connectivity index (χ2v) is 22.2. The molecule has 3 heterocycles. The molecule has 5 aromatic carbocycles. The SMILES string of the molecule is CC(C)(C)c1ccc(CCC2=Cc3cc(OC(F)(F)F)cc4c3B3c5c2cc(C(C)(C)C)cc5C(C)(C)c2cc(C(C)(C)C)cc(c23)N4c2ccc(C(C)(C)C)cc2)cc1. The van der Waals surface area contributed by atoms with Crippen LogP contribution in [0.15, 0.2) is 84.9 Å². The Hall–Kier alpha value is -4.71. The minimum atomic E-state index is -4.86. The molecule has 3 aliphatic heterocycles. The minimum absolute atomic E-state index is 0.0474. The molecule has 5 aromatic rings. The first-order valence-corrected chi connectivity index (χ1v) is 21.7. The van der Waals surface area contributed by atoms with E-state index in [1.54, 1.807) is 12.1 Å². The van der Waals surface area contributed by atoms with E-state index in [4.69, 9.17) is 4.74 Å². The van der Waals surface area contributed by atoms with Crippen LogP contribution in [0.3, 0.4) is 0 Å². The van der Waals surface area contributed by atoms with E-state index in [9.17, 15) is 13.2 Å². The third kappa shape index (κ3) is 7.30. The highest BCUT2D eigenvalue weighted by atomic mass is 19.4. The van der Waals surface area contributed by atoms with Crippen LogP contribution < -0.4 is 26.0 Å². The predicted octanol–water partition coefficient (Wildman–Crippen LogP) is 13.2. The van der Waals surface area contributed by atoms with Gasteiger partial charge in [-0.3, -0.25) is 0 Å². The van der Waals surface area contributed by atoms with Crippen molar-refractivity contribution in [2.24, 2.45) is 0 Å². The third-order valence-electron chi connectivity index (χ3n) is 13.3. The molecular weight excluding hydrogens is 746 g/mol. The number of benzene rings is 5.